The summed E-state index contributed by atoms with van der Waals surface area (Å²) in [6, 6.07) is 0. The van der Waals surface area contributed by atoms with Crippen molar-refractivity contribution < 1.29 is 13.2 Å². The molecule has 0 aliphatic carbocycles. The lowest BCUT2D eigenvalue weighted by molar-refractivity contribution is -0.135. The molecule has 0 aromatic rings. The maximum absolute atomic E-state index is 11.8. The van der Waals surface area contributed by atoms with Gasteiger partial charge in [0.05, 0.1) is 0 Å². The Morgan fingerprint density at radius 3 is 2.69 bits per heavy atom. The summed E-state index contributed by atoms with van der Waals surface area (Å²) in [5.74, 6) is 0.617. The van der Waals surface area contributed by atoms with Crippen molar-refractivity contribution >= 4 is 0 Å². The highest BCUT2D eigenvalue weighted by Gasteiger charge is 2.26. The van der Waals surface area contributed by atoms with Gasteiger partial charge >= 0.3 is 6.18 Å². The van der Waals surface area contributed by atoms with Crippen molar-refractivity contribution in [1.82, 2.24) is 10.2 Å². The molecule has 0 bridgehead atoms. The second-order valence-corrected chi connectivity index (χ2v) is 4.47. The van der Waals surface area contributed by atoms with Crippen molar-refractivity contribution in [3.05, 3.63) is 0 Å². The maximum atomic E-state index is 11.8. The van der Waals surface area contributed by atoms with Crippen molar-refractivity contribution in [1.29, 1.82) is 0 Å². The number of hydrogen-bond donors (Lipinski definition) is 1. The molecule has 1 N–H and O–H groups in total. The fourth-order valence-corrected chi connectivity index (χ4v) is 2.09. The molecule has 16 heavy (non-hydrogen) atoms. The predicted molar refractivity (Wildman–Crippen MR) is 58.4 cm³/mol. The van der Waals surface area contributed by atoms with Crippen LogP contribution in [0.3, 0.4) is 0 Å². The summed E-state index contributed by atoms with van der Waals surface area (Å²) in [4.78, 5) is 2.38. The molecule has 1 atom stereocenters. The Hall–Kier alpha value is -0.290. The van der Waals surface area contributed by atoms with Gasteiger partial charge in [-0.2, -0.15) is 13.2 Å². The van der Waals surface area contributed by atoms with Crippen LogP contribution in [-0.4, -0.2) is 43.8 Å². The first-order chi connectivity index (χ1) is 7.51. The van der Waals surface area contributed by atoms with Gasteiger partial charge in [0.1, 0.15) is 0 Å². The van der Waals surface area contributed by atoms with Gasteiger partial charge in [0.2, 0.25) is 0 Å². The Kier molecular flexibility index (Phi) is 5.55. The van der Waals surface area contributed by atoms with Gasteiger partial charge in [0, 0.05) is 13.0 Å². The molecule has 0 amide bonds. The molecule has 1 heterocycles. The lowest BCUT2D eigenvalue weighted by atomic mass is 10.1. The Morgan fingerprint density at radius 1 is 1.38 bits per heavy atom. The molecule has 0 aromatic carbocycles. The van der Waals surface area contributed by atoms with E-state index >= 15 is 0 Å². The van der Waals surface area contributed by atoms with Crippen molar-refractivity contribution in [2.75, 3.05) is 32.7 Å². The summed E-state index contributed by atoms with van der Waals surface area (Å²) in [6.07, 6.45) is -3.33. The molecule has 2 nitrogen and oxygen atoms in total. The molecule has 1 aliphatic rings. The monoisotopic (exact) mass is 238 g/mol. The van der Waals surface area contributed by atoms with Gasteiger partial charge in [-0.3, -0.25) is 0 Å². The van der Waals surface area contributed by atoms with E-state index in [1.165, 1.54) is 6.42 Å². The minimum Gasteiger partial charge on any atom is -0.316 e. The van der Waals surface area contributed by atoms with E-state index in [1.807, 2.05) is 0 Å². The third-order valence-corrected chi connectivity index (χ3v) is 3.06. The number of likely N-dealkylation sites (tertiary alicyclic amines) is 1. The normalized spacial score (nSPS) is 22.9. The smallest absolute Gasteiger partial charge is 0.316 e. The second-order valence-electron chi connectivity index (χ2n) is 4.47. The van der Waals surface area contributed by atoms with Crippen molar-refractivity contribution in [2.24, 2.45) is 5.92 Å². The molecular formula is C11H21F3N2. The van der Waals surface area contributed by atoms with Gasteiger partial charge in [-0.1, -0.05) is 6.92 Å². The topological polar surface area (TPSA) is 15.3 Å². The molecule has 1 unspecified atom stereocenters. The van der Waals surface area contributed by atoms with Crippen LogP contribution >= 0.6 is 0 Å². The Morgan fingerprint density at radius 2 is 2.12 bits per heavy atom. The van der Waals surface area contributed by atoms with Gasteiger partial charge in [0.25, 0.3) is 0 Å². The Labute approximate surface area is 95.2 Å². The summed E-state index contributed by atoms with van der Waals surface area (Å²) >= 11 is 0. The van der Waals surface area contributed by atoms with Crippen LogP contribution in [0.5, 0.6) is 0 Å². The first-order valence-electron chi connectivity index (χ1n) is 6.01. The van der Waals surface area contributed by atoms with Crippen LogP contribution < -0.4 is 5.32 Å². The van der Waals surface area contributed by atoms with Gasteiger partial charge in [-0.15, -0.1) is 0 Å². The van der Waals surface area contributed by atoms with Crippen LogP contribution in [0.25, 0.3) is 0 Å². The SMILES string of the molecule is CCN1CCC(CNCCCC(F)(F)F)C1. The maximum Gasteiger partial charge on any atom is 0.389 e. The molecule has 0 aromatic heterocycles. The predicted octanol–water partition coefficient (Wildman–Crippen LogP) is 2.26. The van der Waals surface area contributed by atoms with Crippen LogP contribution in [0.15, 0.2) is 0 Å². The lowest BCUT2D eigenvalue weighted by Crippen LogP contribution is -2.27. The van der Waals surface area contributed by atoms with E-state index in [4.69, 9.17) is 0 Å². The van der Waals surface area contributed by atoms with Crippen LogP contribution in [0.2, 0.25) is 0 Å². The fourth-order valence-electron chi connectivity index (χ4n) is 2.09. The minimum absolute atomic E-state index is 0.188. The van der Waals surface area contributed by atoms with E-state index in [0.29, 0.717) is 12.5 Å². The fraction of sp³-hybridized carbons (Fsp3) is 1.00. The highest BCUT2D eigenvalue weighted by molar-refractivity contribution is 4.76. The van der Waals surface area contributed by atoms with E-state index < -0.39 is 12.6 Å². The third kappa shape index (κ3) is 5.70. The molecule has 1 rings (SSSR count). The number of halogens is 3. The first kappa shape index (κ1) is 13.8. The van der Waals surface area contributed by atoms with Crippen LogP contribution in [0, 0.1) is 5.92 Å². The Balaban J connectivity index is 1.96. The van der Waals surface area contributed by atoms with E-state index in [9.17, 15) is 13.2 Å². The van der Waals surface area contributed by atoms with Crippen LogP contribution in [0.4, 0.5) is 13.2 Å². The summed E-state index contributed by atoms with van der Waals surface area (Å²) < 4.78 is 35.5. The average Bonchev–Trinajstić information content (AvgIpc) is 2.63. The zero-order chi connectivity index (χ0) is 12.0. The number of hydrogen-bond acceptors (Lipinski definition) is 2. The van der Waals surface area contributed by atoms with Crippen LogP contribution in [0.1, 0.15) is 26.2 Å². The highest BCUT2D eigenvalue weighted by atomic mass is 19.4. The molecule has 1 fully saturated rings. The van der Waals surface area contributed by atoms with Gasteiger partial charge in [-0.05, 0) is 44.9 Å². The number of rotatable bonds is 6. The summed E-state index contributed by atoms with van der Waals surface area (Å²) in [6.45, 7) is 6.76. The molecule has 0 radical (unpaired) electrons. The van der Waals surface area contributed by atoms with E-state index in [0.717, 1.165) is 26.2 Å². The van der Waals surface area contributed by atoms with Crippen molar-refractivity contribution in [3.63, 3.8) is 0 Å². The standard InChI is InChI=1S/C11H21F3N2/c1-2-16-7-4-10(9-16)8-15-6-3-5-11(12,13)14/h10,15H,2-9H2,1H3. The molecular weight excluding hydrogens is 217 g/mol. The van der Waals surface area contributed by atoms with E-state index in [-0.39, 0.29) is 6.42 Å². The largest absolute Gasteiger partial charge is 0.389 e. The van der Waals surface area contributed by atoms with Crippen LogP contribution in [-0.2, 0) is 0 Å². The zero-order valence-corrected chi connectivity index (χ0v) is 9.82. The van der Waals surface area contributed by atoms with Gasteiger partial charge in [-0.25, -0.2) is 0 Å². The summed E-state index contributed by atoms with van der Waals surface area (Å²) in [5.41, 5.74) is 0. The summed E-state index contributed by atoms with van der Waals surface area (Å²) in [7, 11) is 0. The quantitative estimate of drug-likeness (QED) is 0.714. The third-order valence-electron chi connectivity index (χ3n) is 3.06. The molecule has 96 valence electrons. The van der Waals surface area contributed by atoms with E-state index in [2.05, 4.69) is 17.1 Å². The number of alkyl halides is 3. The zero-order valence-electron chi connectivity index (χ0n) is 9.82. The first-order valence-corrected chi connectivity index (χ1v) is 6.01. The Bertz CT molecular complexity index is 194. The molecule has 0 spiro atoms. The average molecular weight is 238 g/mol. The molecule has 1 saturated heterocycles. The highest BCUT2D eigenvalue weighted by Crippen LogP contribution is 2.20. The molecule has 1 aliphatic heterocycles. The number of nitrogens with one attached hydrogen (secondary N) is 1. The number of nitrogens with zero attached hydrogens (tertiary/aromatic N) is 1. The second kappa shape index (κ2) is 6.45. The van der Waals surface area contributed by atoms with Gasteiger partial charge in [0.15, 0.2) is 0 Å². The molecule has 5 heteroatoms. The van der Waals surface area contributed by atoms with E-state index in [1.54, 1.807) is 0 Å². The van der Waals surface area contributed by atoms with Gasteiger partial charge < -0.3 is 10.2 Å². The summed E-state index contributed by atoms with van der Waals surface area (Å²) in [5, 5.41) is 3.12. The minimum atomic E-state index is -4.01. The molecule has 0 saturated carbocycles. The van der Waals surface area contributed by atoms with Crippen molar-refractivity contribution in [2.45, 2.75) is 32.4 Å². The van der Waals surface area contributed by atoms with Crippen molar-refractivity contribution in [3.8, 4) is 0 Å². The lowest BCUT2D eigenvalue weighted by Gasteiger charge is -2.13.